The summed E-state index contributed by atoms with van der Waals surface area (Å²) < 4.78 is 9.41. The molecule has 0 bridgehead atoms. The third-order valence-electron chi connectivity index (χ3n) is 17.7. The smallest absolute Gasteiger partial charge is 0.109 e. The SMILES string of the molecule is CCC[SiH3].CCNCCC[SiH3].COCCC[SiH3].COC[SiH3].C[P+](c1ccccc1)(c1ccccc1)c1ccccc1.C[P+](c1ccccc1)(c1ccccc1)c1ccccc1.C[P+](c1ccccc1)(c1ccccc1)c1ccccc1.C[P+](c1ccccc1)(c1ccccc1)c1ccccc1. The summed E-state index contributed by atoms with van der Waals surface area (Å²) in [6.45, 7) is 17.3. The molecule has 0 aromatic heterocycles. The monoisotopic (exact) mass is 1480 g/mol. The van der Waals surface area contributed by atoms with Crippen molar-refractivity contribution < 1.29 is 9.47 Å². The van der Waals surface area contributed by atoms with E-state index in [2.05, 4.69) is 415 Å². The van der Waals surface area contributed by atoms with Gasteiger partial charge in [0.1, 0.15) is 92.7 Å². The average molecular weight is 1480 g/mol. The molecule has 12 aromatic carbocycles. The summed E-state index contributed by atoms with van der Waals surface area (Å²) in [7, 11) is 2.60. The third kappa shape index (κ3) is 26.7. The highest BCUT2D eigenvalue weighted by atomic mass is 31.2. The maximum Gasteiger partial charge on any atom is 0.109 e. The lowest BCUT2D eigenvalue weighted by Crippen LogP contribution is -2.30. The van der Waals surface area contributed by atoms with Gasteiger partial charge in [0.05, 0.1) is 26.7 Å². The number of nitrogens with one attached hydrogen (secondary N) is 1. The molecule has 12 aromatic rings. The van der Waals surface area contributed by atoms with Crippen LogP contribution >= 0.6 is 29.0 Å². The molecule has 0 radical (unpaired) electrons. The molecule has 0 saturated carbocycles. The van der Waals surface area contributed by atoms with Gasteiger partial charge in [0.25, 0.3) is 0 Å². The molecular formula is C90H117NO2P4Si4+4. The minimum atomic E-state index is -1.53. The highest BCUT2D eigenvalue weighted by Gasteiger charge is 2.43. The lowest BCUT2D eigenvalue weighted by molar-refractivity contribution is 0.199. The van der Waals surface area contributed by atoms with Crippen LogP contribution in [-0.2, 0) is 9.47 Å². The summed E-state index contributed by atoms with van der Waals surface area (Å²) in [5.41, 5.74) is 0. The highest BCUT2D eigenvalue weighted by molar-refractivity contribution is 7.96. The van der Waals surface area contributed by atoms with E-state index < -0.39 is 29.0 Å². The fourth-order valence-corrected chi connectivity index (χ4v) is 24.7. The van der Waals surface area contributed by atoms with E-state index >= 15 is 0 Å². The first-order valence-corrected chi connectivity index (χ1v) is 50.8. The molecule has 0 aliphatic heterocycles. The van der Waals surface area contributed by atoms with Crippen LogP contribution in [0.1, 0.15) is 33.1 Å². The van der Waals surface area contributed by atoms with Crippen LogP contribution < -0.4 is 69.0 Å². The van der Waals surface area contributed by atoms with Crippen molar-refractivity contribution in [1.29, 1.82) is 0 Å². The van der Waals surface area contributed by atoms with Crippen molar-refractivity contribution in [2.75, 3.05) is 66.8 Å². The van der Waals surface area contributed by atoms with Crippen LogP contribution in [0.5, 0.6) is 0 Å². The number of benzene rings is 12. The highest BCUT2D eigenvalue weighted by Crippen LogP contribution is 2.54. The Labute approximate surface area is 625 Å². The van der Waals surface area contributed by atoms with Crippen LogP contribution in [0, 0.1) is 0 Å². The molecule has 0 unspecified atom stereocenters. The van der Waals surface area contributed by atoms with Gasteiger partial charge in [0.2, 0.25) is 0 Å². The maximum atomic E-state index is 4.80. The molecule has 3 nitrogen and oxygen atoms in total. The Balaban J connectivity index is 0.000000221. The van der Waals surface area contributed by atoms with Gasteiger partial charge in [-0.1, -0.05) is 257 Å². The molecule has 12 rings (SSSR count). The molecule has 0 saturated heterocycles. The predicted octanol–water partition coefficient (Wildman–Crippen LogP) is 13.2. The lowest BCUT2D eigenvalue weighted by atomic mass is 10.4. The molecule has 0 spiro atoms. The lowest BCUT2D eigenvalue weighted by Gasteiger charge is -2.22. The molecule has 0 aliphatic rings. The predicted molar refractivity (Wildman–Crippen MR) is 480 cm³/mol. The topological polar surface area (TPSA) is 30.5 Å². The molecule has 1 N–H and O–H groups in total. The van der Waals surface area contributed by atoms with E-state index in [1.807, 2.05) is 0 Å². The van der Waals surface area contributed by atoms with E-state index in [1.165, 1.54) is 149 Å². The fraction of sp³-hybridized carbons (Fsp3) is 0.200. The summed E-state index contributed by atoms with van der Waals surface area (Å²) in [5.74, 6) is 0. The molecule has 11 heteroatoms. The number of hydrogen-bond acceptors (Lipinski definition) is 3. The molecule has 0 fully saturated rings. The molecular weight excluding hydrogens is 1360 g/mol. The van der Waals surface area contributed by atoms with Crippen LogP contribution in [0.3, 0.4) is 0 Å². The third-order valence-corrected chi connectivity index (χ3v) is 36.7. The van der Waals surface area contributed by atoms with Crippen LogP contribution in [0.2, 0.25) is 18.1 Å². The van der Waals surface area contributed by atoms with Crippen molar-refractivity contribution in [2.45, 2.75) is 51.2 Å². The van der Waals surface area contributed by atoms with Crippen LogP contribution in [0.15, 0.2) is 364 Å². The van der Waals surface area contributed by atoms with E-state index in [0.717, 1.165) is 19.4 Å². The van der Waals surface area contributed by atoms with Crippen LogP contribution in [0.4, 0.5) is 0 Å². The van der Waals surface area contributed by atoms with Crippen molar-refractivity contribution in [3.63, 3.8) is 0 Å². The van der Waals surface area contributed by atoms with E-state index in [4.69, 9.17) is 4.74 Å². The number of rotatable bonds is 21. The summed E-state index contributed by atoms with van der Waals surface area (Å²) in [6.07, 6.45) is 4.97. The first-order valence-electron chi connectivity index (χ1n) is 36.2. The quantitative estimate of drug-likeness (QED) is 0.0442. The largest absolute Gasteiger partial charge is 0.389 e. The minimum absolute atomic E-state index is 0.948. The van der Waals surface area contributed by atoms with E-state index in [0.29, 0.717) is 0 Å². The summed E-state index contributed by atoms with van der Waals surface area (Å²) in [6, 6.07) is 135. The van der Waals surface area contributed by atoms with E-state index in [1.54, 1.807) is 14.2 Å². The fourth-order valence-electron chi connectivity index (χ4n) is 11.3. The van der Waals surface area contributed by atoms with Gasteiger partial charge in [0, 0.05) is 68.0 Å². The van der Waals surface area contributed by atoms with Crippen molar-refractivity contribution in [1.82, 2.24) is 5.32 Å². The Morgan fingerprint density at radius 1 is 0.248 bits per heavy atom. The Bertz CT molecular complexity index is 3030. The second-order valence-corrected chi connectivity index (χ2v) is 42.5. The van der Waals surface area contributed by atoms with Gasteiger partial charge in [-0.2, -0.15) is 0 Å². The molecule has 101 heavy (non-hydrogen) atoms. The number of ether oxygens (including phenoxy) is 2. The molecule has 0 aliphatic carbocycles. The van der Waals surface area contributed by atoms with Crippen molar-refractivity contribution in [2.24, 2.45) is 0 Å². The van der Waals surface area contributed by atoms with Gasteiger partial charge in [-0.15, -0.1) is 0 Å². The average Bonchev–Trinajstić information content (AvgIpc) is 0.800. The second-order valence-electron chi connectivity index (χ2n) is 24.7. The van der Waals surface area contributed by atoms with Crippen LogP contribution in [-0.4, -0.2) is 108 Å². The van der Waals surface area contributed by atoms with Gasteiger partial charge in [-0.25, -0.2) is 0 Å². The van der Waals surface area contributed by atoms with Gasteiger partial charge in [-0.3, -0.25) is 0 Å². The van der Waals surface area contributed by atoms with Gasteiger partial charge in [-0.05, 0) is 172 Å². The Kier molecular flexibility index (Phi) is 41.7. The molecule has 0 heterocycles. The number of methoxy groups -OCH3 is 2. The first-order chi connectivity index (χ1) is 49.4. The van der Waals surface area contributed by atoms with E-state index in [9.17, 15) is 0 Å². The normalized spacial score (nSPS) is 10.8. The van der Waals surface area contributed by atoms with E-state index in [-0.39, 0.29) is 0 Å². The summed E-state index contributed by atoms with van der Waals surface area (Å²) in [5, 5.41) is 20.4. The Morgan fingerprint density at radius 2 is 0.396 bits per heavy atom. The minimum Gasteiger partial charge on any atom is -0.389 e. The summed E-state index contributed by atoms with van der Waals surface area (Å²) in [4.78, 5) is 0. The zero-order valence-corrected chi connectivity index (χ0v) is 74.4. The van der Waals surface area contributed by atoms with Gasteiger partial charge in [0.15, 0.2) is 0 Å². The first kappa shape index (κ1) is 84.8. The van der Waals surface area contributed by atoms with Crippen molar-refractivity contribution in [3.05, 3.63) is 364 Å². The van der Waals surface area contributed by atoms with Crippen molar-refractivity contribution >= 4 is 134 Å². The summed E-state index contributed by atoms with van der Waals surface area (Å²) >= 11 is 0. The van der Waals surface area contributed by atoms with Crippen LogP contribution in [0.25, 0.3) is 0 Å². The zero-order valence-electron chi connectivity index (χ0n) is 62.8. The Hall–Kier alpha value is -6.89. The Morgan fingerprint density at radius 3 is 0.485 bits per heavy atom. The second kappa shape index (κ2) is 49.7. The molecule has 0 atom stereocenters. The standard InChI is InChI=1S/4C19H18P.C5H15NSi.C4H12OSi.C3H10Si.C2H8OSi/c4*1-20(17-11-5-2-6-12-17,18-13-7-3-8-14-18)19-15-9-4-10-16-19;1-2-6-4-3-5-7;1-5-3-2-4-6;1-2-3-4;1-3-2-4/h4*2-16H,1H3;6H,2-5H2,1,7H3;2-4H2,1,6H3;2-3H2,1,4H3;2H2,1,4H3/q4*+1;;;;. The number of hydrogen-bond donors (Lipinski definition) is 1. The maximum absolute atomic E-state index is 4.80. The molecule has 0 amide bonds. The zero-order chi connectivity index (χ0) is 72.5. The van der Waals surface area contributed by atoms with Gasteiger partial charge < -0.3 is 14.8 Å². The molecule has 526 valence electrons. The van der Waals surface area contributed by atoms with Gasteiger partial charge >= 0.3 is 0 Å². The van der Waals surface area contributed by atoms with Crippen molar-refractivity contribution in [3.8, 4) is 0 Å².